The van der Waals surface area contributed by atoms with Crippen molar-refractivity contribution < 1.29 is 14.6 Å². The molecule has 3 heteroatoms. The van der Waals surface area contributed by atoms with Gasteiger partial charge in [-0.15, -0.1) is 0 Å². The van der Waals surface area contributed by atoms with Gasteiger partial charge in [0.1, 0.15) is 0 Å². The SMILES string of the molecule is COC(=O)C(O)c1cccc(C2CCC(C)(C)CC2)c1. The number of carbonyl (C=O) groups excluding carboxylic acids is 1. The van der Waals surface area contributed by atoms with E-state index in [1.165, 1.54) is 38.4 Å². The van der Waals surface area contributed by atoms with Gasteiger partial charge in [0, 0.05) is 0 Å². The van der Waals surface area contributed by atoms with Crippen molar-refractivity contribution in [3.63, 3.8) is 0 Å². The molecule has 1 aromatic carbocycles. The van der Waals surface area contributed by atoms with Crippen LogP contribution < -0.4 is 0 Å². The summed E-state index contributed by atoms with van der Waals surface area (Å²) in [7, 11) is 1.29. The van der Waals surface area contributed by atoms with Crippen LogP contribution in [0, 0.1) is 5.41 Å². The predicted octanol–water partition coefficient (Wildman–Crippen LogP) is 3.58. The summed E-state index contributed by atoms with van der Waals surface area (Å²) >= 11 is 0. The van der Waals surface area contributed by atoms with E-state index in [4.69, 9.17) is 0 Å². The third-order valence-electron chi connectivity index (χ3n) is 4.46. The molecule has 1 atom stereocenters. The van der Waals surface area contributed by atoms with Gasteiger partial charge in [-0.3, -0.25) is 0 Å². The predicted molar refractivity (Wildman–Crippen MR) is 78.4 cm³/mol. The number of esters is 1. The van der Waals surface area contributed by atoms with Crippen LogP contribution >= 0.6 is 0 Å². The molecule has 0 amide bonds. The molecular formula is C17H24O3. The molecule has 3 nitrogen and oxygen atoms in total. The van der Waals surface area contributed by atoms with Crippen LogP contribution in [0.4, 0.5) is 0 Å². The summed E-state index contributed by atoms with van der Waals surface area (Å²) in [5.41, 5.74) is 2.29. The highest BCUT2D eigenvalue weighted by Crippen LogP contribution is 2.42. The zero-order chi connectivity index (χ0) is 14.8. The lowest BCUT2D eigenvalue weighted by atomic mass is 9.71. The first-order valence-corrected chi connectivity index (χ1v) is 7.29. The maximum Gasteiger partial charge on any atom is 0.339 e. The van der Waals surface area contributed by atoms with Crippen molar-refractivity contribution in [3.05, 3.63) is 35.4 Å². The Morgan fingerprint density at radius 1 is 1.35 bits per heavy atom. The lowest BCUT2D eigenvalue weighted by Crippen LogP contribution is -2.20. The molecular weight excluding hydrogens is 252 g/mol. The molecule has 1 N–H and O–H groups in total. The number of methoxy groups -OCH3 is 1. The molecule has 1 fully saturated rings. The minimum absolute atomic E-state index is 0.444. The van der Waals surface area contributed by atoms with Crippen LogP contribution in [0.3, 0.4) is 0 Å². The minimum Gasteiger partial charge on any atom is -0.467 e. The Kier molecular flexibility index (Phi) is 4.48. The van der Waals surface area contributed by atoms with Gasteiger partial charge in [-0.2, -0.15) is 0 Å². The second-order valence-corrected chi connectivity index (χ2v) is 6.53. The third kappa shape index (κ3) is 3.40. The van der Waals surface area contributed by atoms with Gasteiger partial charge in [0.25, 0.3) is 0 Å². The van der Waals surface area contributed by atoms with Gasteiger partial charge in [0.2, 0.25) is 0 Å². The van der Waals surface area contributed by atoms with Gasteiger partial charge in [-0.1, -0.05) is 38.1 Å². The standard InChI is InChI=1S/C17H24O3/c1-17(2)9-7-12(8-10-17)13-5-4-6-14(11-13)15(18)16(19)20-3/h4-6,11-12,15,18H,7-10H2,1-3H3. The van der Waals surface area contributed by atoms with Gasteiger partial charge in [0.15, 0.2) is 6.10 Å². The molecule has 0 saturated heterocycles. The van der Waals surface area contributed by atoms with Crippen molar-refractivity contribution in [2.45, 2.75) is 51.6 Å². The minimum atomic E-state index is -1.18. The van der Waals surface area contributed by atoms with E-state index in [9.17, 15) is 9.90 Å². The highest BCUT2D eigenvalue weighted by molar-refractivity contribution is 5.76. The summed E-state index contributed by atoms with van der Waals surface area (Å²) in [4.78, 5) is 11.4. The van der Waals surface area contributed by atoms with E-state index in [2.05, 4.69) is 24.7 Å². The summed E-state index contributed by atoms with van der Waals surface area (Å²) in [6, 6.07) is 7.73. The summed E-state index contributed by atoms with van der Waals surface area (Å²) in [6.07, 6.45) is 3.61. The fourth-order valence-electron chi connectivity index (χ4n) is 2.96. The maximum absolute atomic E-state index is 11.4. The van der Waals surface area contributed by atoms with E-state index >= 15 is 0 Å². The second kappa shape index (κ2) is 5.96. The van der Waals surface area contributed by atoms with Gasteiger partial charge < -0.3 is 9.84 Å². The van der Waals surface area contributed by atoms with Crippen LogP contribution in [0.5, 0.6) is 0 Å². The van der Waals surface area contributed by atoms with E-state index in [1.807, 2.05) is 12.1 Å². The Morgan fingerprint density at radius 3 is 2.60 bits per heavy atom. The number of rotatable bonds is 3. The average Bonchev–Trinajstić information content (AvgIpc) is 2.45. The van der Waals surface area contributed by atoms with E-state index in [1.54, 1.807) is 6.07 Å². The molecule has 0 heterocycles. The van der Waals surface area contributed by atoms with E-state index in [-0.39, 0.29) is 0 Å². The number of aliphatic hydroxyl groups excluding tert-OH is 1. The Hall–Kier alpha value is -1.35. The molecule has 2 rings (SSSR count). The monoisotopic (exact) mass is 276 g/mol. The number of hydrogen-bond acceptors (Lipinski definition) is 3. The first-order chi connectivity index (χ1) is 9.43. The largest absolute Gasteiger partial charge is 0.467 e. The molecule has 20 heavy (non-hydrogen) atoms. The molecule has 110 valence electrons. The molecule has 0 spiro atoms. The highest BCUT2D eigenvalue weighted by Gasteiger charge is 2.28. The topological polar surface area (TPSA) is 46.5 Å². The van der Waals surface area contributed by atoms with Gasteiger partial charge in [-0.05, 0) is 48.1 Å². The van der Waals surface area contributed by atoms with Crippen molar-refractivity contribution in [3.8, 4) is 0 Å². The number of hydrogen-bond donors (Lipinski definition) is 1. The fraction of sp³-hybridized carbons (Fsp3) is 0.588. The van der Waals surface area contributed by atoms with Crippen LogP contribution in [-0.2, 0) is 9.53 Å². The quantitative estimate of drug-likeness (QED) is 0.858. The van der Waals surface area contributed by atoms with Crippen LogP contribution in [0.15, 0.2) is 24.3 Å². The molecule has 0 bridgehead atoms. The Morgan fingerprint density at radius 2 is 2.00 bits per heavy atom. The molecule has 0 aromatic heterocycles. The first kappa shape index (κ1) is 15.0. The van der Waals surface area contributed by atoms with Crippen LogP contribution in [0.2, 0.25) is 0 Å². The second-order valence-electron chi connectivity index (χ2n) is 6.53. The molecule has 1 aromatic rings. The van der Waals surface area contributed by atoms with Gasteiger partial charge >= 0.3 is 5.97 Å². The van der Waals surface area contributed by atoms with Crippen molar-refractivity contribution >= 4 is 5.97 Å². The summed E-state index contributed by atoms with van der Waals surface area (Å²) in [6.45, 7) is 4.64. The molecule has 1 saturated carbocycles. The van der Waals surface area contributed by atoms with Crippen molar-refractivity contribution in [1.82, 2.24) is 0 Å². The number of ether oxygens (including phenoxy) is 1. The van der Waals surface area contributed by atoms with Crippen molar-refractivity contribution in [2.75, 3.05) is 7.11 Å². The molecule has 1 aliphatic carbocycles. The lowest BCUT2D eigenvalue weighted by molar-refractivity contribution is -0.150. The van der Waals surface area contributed by atoms with Gasteiger partial charge in [-0.25, -0.2) is 4.79 Å². The molecule has 1 unspecified atom stereocenters. The van der Waals surface area contributed by atoms with Crippen molar-refractivity contribution in [1.29, 1.82) is 0 Å². The Bertz CT molecular complexity index is 469. The summed E-state index contributed by atoms with van der Waals surface area (Å²) < 4.78 is 4.59. The fourth-order valence-corrected chi connectivity index (χ4v) is 2.96. The van der Waals surface area contributed by atoms with Gasteiger partial charge in [0.05, 0.1) is 7.11 Å². The number of aliphatic hydroxyl groups is 1. The van der Waals surface area contributed by atoms with Crippen LogP contribution in [-0.4, -0.2) is 18.2 Å². The highest BCUT2D eigenvalue weighted by atomic mass is 16.5. The van der Waals surface area contributed by atoms with E-state index in [0.29, 0.717) is 16.9 Å². The molecule has 1 aliphatic rings. The number of carbonyl (C=O) groups is 1. The average molecular weight is 276 g/mol. The van der Waals surface area contributed by atoms with Crippen molar-refractivity contribution in [2.24, 2.45) is 5.41 Å². The normalized spacial score (nSPS) is 20.4. The molecule has 0 radical (unpaired) electrons. The maximum atomic E-state index is 11.4. The zero-order valence-corrected chi connectivity index (χ0v) is 12.6. The smallest absolute Gasteiger partial charge is 0.339 e. The van der Waals surface area contributed by atoms with E-state index in [0.717, 1.165) is 0 Å². The Balaban J connectivity index is 2.12. The lowest BCUT2D eigenvalue weighted by Gasteiger charge is -2.34. The Labute approximate surface area is 121 Å². The molecule has 0 aliphatic heterocycles. The third-order valence-corrected chi connectivity index (χ3v) is 4.46. The van der Waals surface area contributed by atoms with Crippen LogP contribution in [0.25, 0.3) is 0 Å². The first-order valence-electron chi connectivity index (χ1n) is 7.29. The zero-order valence-electron chi connectivity index (χ0n) is 12.6. The number of benzene rings is 1. The van der Waals surface area contributed by atoms with Crippen LogP contribution in [0.1, 0.15) is 62.7 Å². The summed E-state index contributed by atoms with van der Waals surface area (Å²) in [5, 5.41) is 9.92. The summed E-state index contributed by atoms with van der Waals surface area (Å²) in [5.74, 6) is -0.0697. The van der Waals surface area contributed by atoms with E-state index < -0.39 is 12.1 Å².